The first-order valence-corrected chi connectivity index (χ1v) is 9.23. The lowest BCUT2D eigenvalue weighted by Gasteiger charge is -2.37. The van der Waals surface area contributed by atoms with Gasteiger partial charge < -0.3 is 19.9 Å². The van der Waals surface area contributed by atoms with E-state index in [2.05, 4.69) is 16.3 Å². The van der Waals surface area contributed by atoms with Crippen molar-refractivity contribution in [2.75, 3.05) is 38.2 Å². The molecule has 0 radical (unpaired) electrons. The number of methoxy groups -OCH3 is 1. The minimum atomic E-state index is 0.0708. The first-order chi connectivity index (χ1) is 12.7. The zero-order valence-electron chi connectivity index (χ0n) is 14.7. The Labute approximate surface area is 158 Å². The lowest BCUT2D eigenvalue weighted by molar-refractivity contribution is -0.127. The Morgan fingerprint density at radius 2 is 2.08 bits per heavy atom. The molecule has 5 nitrogen and oxygen atoms in total. The summed E-state index contributed by atoms with van der Waals surface area (Å²) in [4.78, 5) is 17.2. The summed E-state index contributed by atoms with van der Waals surface area (Å²) in [5.41, 5.74) is 1.95. The average Bonchev–Trinajstić information content (AvgIpc) is 3.10. The molecule has 4 rings (SSSR count). The van der Waals surface area contributed by atoms with Crippen molar-refractivity contribution in [1.82, 2.24) is 10.2 Å². The van der Waals surface area contributed by atoms with Crippen LogP contribution in [0.4, 0.5) is 5.69 Å². The number of nitrogens with one attached hydrogen (secondary N) is 1. The number of halogens is 1. The van der Waals surface area contributed by atoms with Crippen molar-refractivity contribution in [2.24, 2.45) is 5.92 Å². The van der Waals surface area contributed by atoms with Crippen LogP contribution in [0.3, 0.4) is 0 Å². The molecule has 0 saturated carbocycles. The fourth-order valence-electron chi connectivity index (χ4n) is 3.74. The zero-order chi connectivity index (χ0) is 18.1. The van der Waals surface area contributed by atoms with E-state index in [1.807, 2.05) is 47.5 Å². The number of allylic oxidation sites excluding steroid dienone is 2. The third kappa shape index (κ3) is 3.19. The lowest BCUT2D eigenvalue weighted by Crippen LogP contribution is -2.49. The number of nitrogens with zero attached hydrogens (tertiary/aromatic N) is 2. The highest BCUT2D eigenvalue weighted by atomic mass is 35.5. The van der Waals surface area contributed by atoms with E-state index in [1.165, 1.54) is 0 Å². The number of rotatable bonds is 3. The van der Waals surface area contributed by atoms with Gasteiger partial charge in [0, 0.05) is 60.7 Å². The second-order valence-electron chi connectivity index (χ2n) is 6.71. The van der Waals surface area contributed by atoms with Crippen LogP contribution in [0.1, 0.15) is 0 Å². The number of amides is 1. The van der Waals surface area contributed by atoms with Crippen molar-refractivity contribution in [3.05, 3.63) is 59.3 Å². The van der Waals surface area contributed by atoms with Crippen LogP contribution in [-0.4, -0.2) is 50.1 Å². The second kappa shape index (κ2) is 7.08. The average molecular weight is 372 g/mol. The topological polar surface area (TPSA) is 44.8 Å². The van der Waals surface area contributed by atoms with Gasteiger partial charge in [-0.2, -0.15) is 0 Å². The summed E-state index contributed by atoms with van der Waals surface area (Å²) >= 11 is 6.06. The van der Waals surface area contributed by atoms with Crippen LogP contribution in [0, 0.1) is 5.92 Å². The molecule has 26 heavy (non-hydrogen) atoms. The molecule has 2 aliphatic heterocycles. The fourth-order valence-corrected chi connectivity index (χ4v) is 3.95. The van der Waals surface area contributed by atoms with Crippen molar-refractivity contribution in [3.63, 3.8) is 0 Å². The Balaban J connectivity index is 1.39. The van der Waals surface area contributed by atoms with Crippen LogP contribution in [0.5, 0.6) is 5.75 Å². The van der Waals surface area contributed by atoms with E-state index in [0.717, 1.165) is 30.1 Å². The van der Waals surface area contributed by atoms with E-state index in [0.29, 0.717) is 18.1 Å². The fraction of sp³-hybridized carbons (Fsp3) is 0.350. The first kappa shape index (κ1) is 17.0. The Bertz CT molecular complexity index is 794. The van der Waals surface area contributed by atoms with Gasteiger partial charge in [-0.25, -0.2) is 0 Å². The summed E-state index contributed by atoms with van der Waals surface area (Å²) in [6.45, 7) is 3.06. The molecule has 1 aliphatic carbocycles. The summed E-state index contributed by atoms with van der Waals surface area (Å²) < 4.78 is 5.30. The summed E-state index contributed by atoms with van der Waals surface area (Å²) in [5, 5.41) is 3.98. The molecule has 1 saturated heterocycles. The normalized spacial score (nSPS) is 24.5. The Kier molecular flexibility index (Phi) is 4.64. The number of piperazine rings is 1. The summed E-state index contributed by atoms with van der Waals surface area (Å²) in [6.07, 6.45) is 7.70. The van der Waals surface area contributed by atoms with E-state index in [1.54, 1.807) is 7.11 Å². The van der Waals surface area contributed by atoms with Crippen LogP contribution < -0.4 is 15.0 Å². The number of carbonyl (C=O) groups excluding carboxylic acids is 1. The summed E-state index contributed by atoms with van der Waals surface area (Å²) in [7, 11) is 1.68. The molecule has 0 spiro atoms. The number of anilines is 1. The first-order valence-electron chi connectivity index (χ1n) is 8.85. The maximum Gasteiger partial charge on any atom is 0.252 e. The van der Waals surface area contributed by atoms with E-state index >= 15 is 0 Å². The molecule has 2 atom stereocenters. The van der Waals surface area contributed by atoms with Gasteiger partial charge in [0.15, 0.2) is 0 Å². The van der Waals surface area contributed by atoms with E-state index in [9.17, 15) is 4.79 Å². The standard InChI is InChI=1S/C20H22ClN3O2/c1-26-16-4-2-3-15(12-16)23-7-9-24(10-8-23)20(25)18-13-22-19-11-14(21)5-6-17(18)19/h2-6,11-13,17,19,22H,7-10H2,1H3. The molecule has 1 aromatic rings. The number of hydrogen-bond donors (Lipinski definition) is 1. The van der Waals surface area contributed by atoms with Crippen LogP contribution >= 0.6 is 11.6 Å². The SMILES string of the molecule is COc1cccc(N2CCN(C(=O)C3=CNC4C=C(Cl)C=CC34)CC2)c1. The molecule has 1 amide bonds. The molecule has 1 N–H and O–H groups in total. The second-order valence-corrected chi connectivity index (χ2v) is 7.15. The molecule has 6 heteroatoms. The quantitative estimate of drug-likeness (QED) is 0.886. The van der Waals surface area contributed by atoms with Crippen molar-refractivity contribution >= 4 is 23.2 Å². The molecule has 0 aromatic heterocycles. The van der Waals surface area contributed by atoms with Crippen LogP contribution in [0.25, 0.3) is 0 Å². The molecule has 1 aromatic carbocycles. The summed E-state index contributed by atoms with van der Waals surface area (Å²) in [6, 6.07) is 8.14. The zero-order valence-corrected chi connectivity index (χ0v) is 15.4. The molecular formula is C20H22ClN3O2. The van der Waals surface area contributed by atoms with E-state index in [4.69, 9.17) is 16.3 Å². The van der Waals surface area contributed by atoms with Gasteiger partial charge in [-0.3, -0.25) is 4.79 Å². The maximum atomic E-state index is 13.0. The predicted molar refractivity (Wildman–Crippen MR) is 103 cm³/mol. The highest BCUT2D eigenvalue weighted by Gasteiger charge is 2.35. The number of hydrogen-bond acceptors (Lipinski definition) is 4. The van der Waals surface area contributed by atoms with Crippen LogP contribution in [0.15, 0.2) is 59.3 Å². The minimum absolute atomic E-state index is 0.0708. The van der Waals surface area contributed by atoms with Crippen LogP contribution in [0.2, 0.25) is 0 Å². The van der Waals surface area contributed by atoms with Gasteiger partial charge in [0.1, 0.15) is 5.75 Å². The molecule has 2 heterocycles. The number of benzene rings is 1. The largest absolute Gasteiger partial charge is 0.497 e. The van der Waals surface area contributed by atoms with E-state index in [-0.39, 0.29) is 17.9 Å². The number of carbonyl (C=O) groups is 1. The van der Waals surface area contributed by atoms with Crippen LogP contribution in [-0.2, 0) is 4.79 Å². The molecule has 0 bridgehead atoms. The maximum absolute atomic E-state index is 13.0. The van der Waals surface area contributed by atoms with Gasteiger partial charge in [-0.15, -0.1) is 0 Å². The van der Waals surface area contributed by atoms with Crippen molar-refractivity contribution < 1.29 is 9.53 Å². The van der Waals surface area contributed by atoms with Crippen molar-refractivity contribution in [2.45, 2.75) is 6.04 Å². The van der Waals surface area contributed by atoms with Gasteiger partial charge >= 0.3 is 0 Å². The third-order valence-electron chi connectivity index (χ3n) is 5.21. The van der Waals surface area contributed by atoms with Gasteiger partial charge in [0.2, 0.25) is 0 Å². The highest BCUT2D eigenvalue weighted by Crippen LogP contribution is 2.31. The van der Waals surface area contributed by atoms with Gasteiger partial charge in [-0.1, -0.05) is 23.7 Å². The predicted octanol–water partition coefficient (Wildman–Crippen LogP) is 2.51. The smallest absolute Gasteiger partial charge is 0.252 e. The molecule has 2 unspecified atom stereocenters. The van der Waals surface area contributed by atoms with Gasteiger partial charge in [-0.05, 0) is 24.3 Å². The Hall–Kier alpha value is -2.40. The van der Waals surface area contributed by atoms with Gasteiger partial charge in [0.05, 0.1) is 13.2 Å². The molecule has 1 fully saturated rings. The number of ether oxygens (including phenoxy) is 1. The third-order valence-corrected chi connectivity index (χ3v) is 5.46. The molecular weight excluding hydrogens is 350 g/mol. The summed E-state index contributed by atoms with van der Waals surface area (Å²) in [5.74, 6) is 1.04. The monoisotopic (exact) mass is 371 g/mol. The molecule has 136 valence electrons. The van der Waals surface area contributed by atoms with Gasteiger partial charge in [0.25, 0.3) is 5.91 Å². The van der Waals surface area contributed by atoms with Crippen molar-refractivity contribution in [1.29, 1.82) is 0 Å². The lowest BCUT2D eigenvalue weighted by atomic mass is 9.90. The van der Waals surface area contributed by atoms with Crippen molar-refractivity contribution in [3.8, 4) is 5.75 Å². The Morgan fingerprint density at radius 3 is 2.85 bits per heavy atom. The Morgan fingerprint density at radius 1 is 1.27 bits per heavy atom. The number of fused-ring (bicyclic) bond motifs is 1. The molecule has 3 aliphatic rings. The van der Waals surface area contributed by atoms with E-state index < -0.39 is 0 Å². The minimum Gasteiger partial charge on any atom is -0.497 e. The highest BCUT2D eigenvalue weighted by molar-refractivity contribution is 6.31.